The van der Waals surface area contributed by atoms with E-state index in [9.17, 15) is 9.90 Å². The Balaban J connectivity index is 1.47. The fraction of sp³-hybridized carbons (Fsp3) is 0.350. The number of amides is 1. The van der Waals surface area contributed by atoms with Crippen LogP contribution in [0.4, 0.5) is 0 Å². The molecule has 1 amide bonds. The van der Waals surface area contributed by atoms with E-state index in [0.717, 1.165) is 17.7 Å². The van der Waals surface area contributed by atoms with Gasteiger partial charge in [0.2, 0.25) is 5.91 Å². The zero-order valence-electron chi connectivity index (χ0n) is 13.7. The monoisotopic (exact) mass is 325 g/mol. The highest BCUT2D eigenvalue weighted by Crippen LogP contribution is 2.23. The van der Waals surface area contributed by atoms with Crippen molar-refractivity contribution in [2.75, 3.05) is 19.7 Å². The molecule has 0 radical (unpaired) electrons. The second kappa shape index (κ2) is 7.49. The summed E-state index contributed by atoms with van der Waals surface area (Å²) in [6.07, 6.45) is 1.76. The van der Waals surface area contributed by atoms with Crippen molar-refractivity contribution in [2.45, 2.75) is 24.9 Å². The number of para-hydroxylation sites is 1. The first-order valence-corrected chi connectivity index (χ1v) is 8.37. The Hall–Kier alpha value is -2.33. The van der Waals surface area contributed by atoms with E-state index in [0.29, 0.717) is 25.9 Å². The quantitative estimate of drug-likeness (QED) is 0.888. The molecule has 4 heteroatoms. The standard InChI is InChI=1S/C20H23NO3/c22-19(12-11-17-7-3-1-4-8-17)21-14-13-20(23,15-21)16-24-18-9-5-2-6-10-18/h1-10,23H,11-16H2/t20-/m1/s1. The van der Waals surface area contributed by atoms with Crippen molar-refractivity contribution in [3.63, 3.8) is 0 Å². The van der Waals surface area contributed by atoms with Crippen LogP contribution in [0.15, 0.2) is 60.7 Å². The zero-order valence-corrected chi connectivity index (χ0v) is 13.7. The van der Waals surface area contributed by atoms with Gasteiger partial charge in [-0.25, -0.2) is 0 Å². The van der Waals surface area contributed by atoms with Gasteiger partial charge in [-0.15, -0.1) is 0 Å². The molecule has 1 aliphatic heterocycles. The lowest BCUT2D eigenvalue weighted by Gasteiger charge is -2.23. The fourth-order valence-corrected chi connectivity index (χ4v) is 2.98. The van der Waals surface area contributed by atoms with Gasteiger partial charge in [0.15, 0.2) is 0 Å². The number of β-amino-alcohol motifs (C(OH)–C–C–N with tert-alkyl or cyclic N) is 1. The minimum atomic E-state index is -0.960. The number of hydrogen-bond donors (Lipinski definition) is 1. The maximum atomic E-state index is 12.4. The van der Waals surface area contributed by atoms with Gasteiger partial charge in [-0.3, -0.25) is 4.79 Å². The Bertz CT molecular complexity index is 659. The molecular weight excluding hydrogens is 302 g/mol. The number of hydrogen-bond acceptors (Lipinski definition) is 3. The molecule has 3 rings (SSSR count). The van der Waals surface area contributed by atoms with Gasteiger partial charge in [0, 0.05) is 13.0 Å². The molecule has 1 aliphatic rings. The van der Waals surface area contributed by atoms with E-state index in [1.807, 2.05) is 60.7 Å². The lowest BCUT2D eigenvalue weighted by atomic mass is 10.1. The van der Waals surface area contributed by atoms with Crippen molar-refractivity contribution in [3.05, 3.63) is 66.2 Å². The van der Waals surface area contributed by atoms with Gasteiger partial charge >= 0.3 is 0 Å². The van der Waals surface area contributed by atoms with Gasteiger partial charge < -0.3 is 14.7 Å². The minimum absolute atomic E-state index is 0.0921. The van der Waals surface area contributed by atoms with Crippen molar-refractivity contribution in [1.82, 2.24) is 4.90 Å². The zero-order chi connectivity index (χ0) is 16.8. The topological polar surface area (TPSA) is 49.8 Å². The Kier molecular flexibility index (Phi) is 5.16. The summed E-state index contributed by atoms with van der Waals surface area (Å²) in [5.74, 6) is 0.828. The van der Waals surface area contributed by atoms with Crippen LogP contribution >= 0.6 is 0 Å². The molecular formula is C20H23NO3. The Labute approximate surface area is 142 Å². The number of likely N-dealkylation sites (tertiary alicyclic amines) is 1. The van der Waals surface area contributed by atoms with Gasteiger partial charge in [0.25, 0.3) is 0 Å². The van der Waals surface area contributed by atoms with Crippen molar-refractivity contribution in [1.29, 1.82) is 0 Å². The molecule has 1 heterocycles. The molecule has 0 aromatic heterocycles. The van der Waals surface area contributed by atoms with Crippen LogP contribution in [0.5, 0.6) is 5.75 Å². The second-order valence-electron chi connectivity index (χ2n) is 6.38. The lowest BCUT2D eigenvalue weighted by Crippen LogP contribution is -2.40. The van der Waals surface area contributed by atoms with Gasteiger partial charge in [-0.1, -0.05) is 48.5 Å². The minimum Gasteiger partial charge on any atom is -0.491 e. The summed E-state index contributed by atoms with van der Waals surface area (Å²) in [4.78, 5) is 14.1. The maximum Gasteiger partial charge on any atom is 0.223 e. The summed E-state index contributed by atoms with van der Waals surface area (Å²) < 4.78 is 5.66. The van der Waals surface area contributed by atoms with Gasteiger partial charge in [-0.05, 0) is 30.5 Å². The fourth-order valence-electron chi connectivity index (χ4n) is 2.98. The van der Waals surface area contributed by atoms with E-state index in [1.54, 1.807) is 4.90 Å². The summed E-state index contributed by atoms with van der Waals surface area (Å²) in [7, 11) is 0. The first-order valence-electron chi connectivity index (χ1n) is 8.37. The van der Waals surface area contributed by atoms with E-state index < -0.39 is 5.60 Å². The van der Waals surface area contributed by atoms with Gasteiger partial charge in [-0.2, -0.15) is 0 Å². The molecule has 1 N–H and O–H groups in total. The number of carbonyl (C=O) groups is 1. The third kappa shape index (κ3) is 4.36. The molecule has 0 aliphatic carbocycles. The molecule has 4 nitrogen and oxygen atoms in total. The number of carbonyl (C=O) groups excluding carboxylic acids is 1. The van der Waals surface area contributed by atoms with Crippen LogP contribution in [0, 0.1) is 0 Å². The molecule has 0 unspecified atom stereocenters. The maximum absolute atomic E-state index is 12.4. The summed E-state index contributed by atoms with van der Waals surface area (Å²) in [5.41, 5.74) is 0.200. The van der Waals surface area contributed by atoms with Crippen LogP contribution in [0.2, 0.25) is 0 Å². The Morgan fingerprint density at radius 3 is 2.46 bits per heavy atom. The largest absolute Gasteiger partial charge is 0.491 e. The van der Waals surface area contributed by atoms with E-state index in [-0.39, 0.29) is 12.5 Å². The van der Waals surface area contributed by atoms with Crippen LogP contribution in [-0.2, 0) is 11.2 Å². The SMILES string of the molecule is O=C(CCc1ccccc1)N1CC[C@](O)(COc2ccccc2)C1. The van der Waals surface area contributed by atoms with Crippen LogP contribution in [0.25, 0.3) is 0 Å². The number of ether oxygens (including phenoxy) is 1. The van der Waals surface area contributed by atoms with Crippen LogP contribution in [-0.4, -0.2) is 41.2 Å². The molecule has 1 atom stereocenters. The average Bonchev–Trinajstić information content (AvgIpc) is 3.03. The van der Waals surface area contributed by atoms with Gasteiger partial charge in [0.1, 0.15) is 18.0 Å². The predicted molar refractivity (Wildman–Crippen MR) is 92.8 cm³/mol. The number of rotatable bonds is 6. The van der Waals surface area contributed by atoms with Crippen LogP contribution in [0.1, 0.15) is 18.4 Å². The third-order valence-electron chi connectivity index (χ3n) is 4.41. The summed E-state index contributed by atoms with van der Waals surface area (Å²) in [6, 6.07) is 19.4. The first kappa shape index (κ1) is 16.5. The highest BCUT2D eigenvalue weighted by molar-refractivity contribution is 5.77. The average molecular weight is 325 g/mol. The predicted octanol–water partition coefficient (Wildman–Crippen LogP) is 2.66. The molecule has 1 saturated heterocycles. The molecule has 0 spiro atoms. The summed E-state index contributed by atoms with van der Waals surface area (Å²) in [6.45, 7) is 1.13. The Morgan fingerprint density at radius 1 is 1.08 bits per heavy atom. The molecule has 2 aromatic rings. The molecule has 0 saturated carbocycles. The highest BCUT2D eigenvalue weighted by atomic mass is 16.5. The molecule has 1 fully saturated rings. The van der Waals surface area contributed by atoms with Crippen molar-refractivity contribution >= 4 is 5.91 Å². The highest BCUT2D eigenvalue weighted by Gasteiger charge is 2.38. The molecule has 126 valence electrons. The van der Waals surface area contributed by atoms with E-state index >= 15 is 0 Å². The van der Waals surface area contributed by atoms with Gasteiger partial charge in [0.05, 0.1) is 6.54 Å². The van der Waals surface area contributed by atoms with Crippen LogP contribution in [0.3, 0.4) is 0 Å². The first-order chi connectivity index (χ1) is 11.6. The number of benzene rings is 2. The van der Waals surface area contributed by atoms with Crippen molar-refractivity contribution in [3.8, 4) is 5.75 Å². The normalized spacial score (nSPS) is 20.1. The number of aryl methyl sites for hydroxylation is 1. The lowest BCUT2D eigenvalue weighted by molar-refractivity contribution is -0.131. The number of aliphatic hydroxyl groups is 1. The molecule has 2 aromatic carbocycles. The molecule has 24 heavy (non-hydrogen) atoms. The van der Waals surface area contributed by atoms with Crippen molar-refractivity contribution in [2.24, 2.45) is 0 Å². The Morgan fingerprint density at radius 2 is 1.75 bits per heavy atom. The number of nitrogens with zero attached hydrogens (tertiary/aromatic N) is 1. The smallest absolute Gasteiger partial charge is 0.223 e. The summed E-state index contributed by atoms with van der Waals surface area (Å²) in [5, 5.41) is 10.6. The summed E-state index contributed by atoms with van der Waals surface area (Å²) >= 11 is 0. The molecule has 0 bridgehead atoms. The van der Waals surface area contributed by atoms with Crippen molar-refractivity contribution < 1.29 is 14.6 Å². The van der Waals surface area contributed by atoms with E-state index in [4.69, 9.17) is 4.74 Å². The van der Waals surface area contributed by atoms with E-state index in [1.165, 1.54) is 0 Å². The second-order valence-corrected chi connectivity index (χ2v) is 6.38. The van der Waals surface area contributed by atoms with E-state index in [2.05, 4.69) is 0 Å². The third-order valence-corrected chi connectivity index (χ3v) is 4.41. The van der Waals surface area contributed by atoms with Crippen LogP contribution < -0.4 is 4.74 Å².